The van der Waals surface area contributed by atoms with E-state index in [-0.39, 0.29) is 0 Å². The van der Waals surface area contributed by atoms with Gasteiger partial charge < -0.3 is 4.98 Å². The van der Waals surface area contributed by atoms with Gasteiger partial charge in [0.2, 0.25) is 0 Å². The van der Waals surface area contributed by atoms with E-state index < -0.39 is 0 Å². The highest BCUT2D eigenvalue weighted by atomic mass is 15.1. The summed E-state index contributed by atoms with van der Waals surface area (Å²) >= 11 is 0. The van der Waals surface area contributed by atoms with Crippen molar-refractivity contribution in [1.29, 1.82) is 0 Å². The summed E-state index contributed by atoms with van der Waals surface area (Å²) in [6, 6.07) is 12.2. The number of H-pyrrole nitrogens is 2. The molecule has 4 aromatic heterocycles. The summed E-state index contributed by atoms with van der Waals surface area (Å²) in [4.78, 5) is 15.9. The summed E-state index contributed by atoms with van der Waals surface area (Å²) < 4.78 is 0. The Morgan fingerprint density at radius 1 is 0.917 bits per heavy atom. The van der Waals surface area contributed by atoms with E-state index in [0.717, 1.165) is 44.5 Å². The Balaban J connectivity index is 1.71. The average molecular weight is 312 g/mol. The number of fused-ring (bicyclic) bond motifs is 2. The number of rotatable bonds is 2. The van der Waals surface area contributed by atoms with Crippen LogP contribution in [0, 0.1) is 0 Å². The summed E-state index contributed by atoms with van der Waals surface area (Å²) in [5, 5.41) is 9.68. The third kappa shape index (κ3) is 1.97. The molecular formula is C18H12N6. The molecule has 0 aliphatic heterocycles. The number of aromatic amines is 2. The van der Waals surface area contributed by atoms with Crippen LogP contribution in [0.15, 0.2) is 61.3 Å². The predicted molar refractivity (Wildman–Crippen MR) is 92.2 cm³/mol. The molecule has 1 aromatic carbocycles. The van der Waals surface area contributed by atoms with Crippen LogP contribution in [0.25, 0.3) is 44.5 Å². The fourth-order valence-electron chi connectivity index (χ4n) is 2.93. The molecule has 5 rings (SSSR count). The van der Waals surface area contributed by atoms with Gasteiger partial charge in [0.15, 0.2) is 0 Å². The standard InChI is InChI=1S/C18H12N6/c1-2-12-7-16(22-18(12)21-5-1)17-14-6-11(3-4-15(14)23-24-17)13-8-19-10-20-9-13/h1-10H,(H,21,22)(H,23,24). The lowest BCUT2D eigenvalue weighted by molar-refractivity contribution is 1.12. The molecule has 2 N–H and O–H groups in total. The monoisotopic (exact) mass is 312 g/mol. The first kappa shape index (κ1) is 13.0. The summed E-state index contributed by atoms with van der Waals surface area (Å²) in [6.45, 7) is 0. The normalized spacial score (nSPS) is 11.3. The number of benzene rings is 1. The molecule has 0 atom stereocenters. The maximum atomic E-state index is 4.48. The Bertz CT molecular complexity index is 1120. The molecule has 24 heavy (non-hydrogen) atoms. The first-order valence-electron chi connectivity index (χ1n) is 7.56. The lowest BCUT2D eigenvalue weighted by Crippen LogP contribution is -1.83. The highest BCUT2D eigenvalue weighted by Crippen LogP contribution is 2.30. The number of hydrogen-bond donors (Lipinski definition) is 2. The van der Waals surface area contributed by atoms with Gasteiger partial charge in [-0.25, -0.2) is 15.0 Å². The van der Waals surface area contributed by atoms with Crippen LogP contribution < -0.4 is 0 Å². The maximum Gasteiger partial charge on any atom is 0.137 e. The number of hydrogen-bond acceptors (Lipinski definition) is 4. The second-order valence-electron chi connectivity index (χ2n) is 5.58. The highest BCUT2D eigenvalue weighted by Gasteiger charge is 2.12. The molecule has 4 heterocycles. The molecule has 0 fully saturated rings. The summed E-state index contributed by atoms with van der Waals surface area (Å²) in [7, 11) is 0. The van der Waals surface area contributed by atoms with Gasteiger partial charge >= 0.3 is 0 Å². The van der Waals surface area contributed by atoms with Gasteiger partial charge in [0.1, 0.15) is 17.7 Å². The molecule has 0 unspecified atom stereocenters. The van der Waals surface area contributed by atoms with E-state index in [1.165, 1.54) is 6.33 Å². The van der Waals surface area contributed by atoms with E-state index in [1.54, 1.807) is 18.6 Å². The largest absolute Gasteiger partial charge is 0.338 e. The number of aromatic nitrogens is 6. The van der Waals surface area contributed by atoms with Crippen LogP contribution in [-0.4, -0.2) is 30.1 Å². The first-order chi connectivity index (χ1) is 11.9. The van der Waals surface area contributed by atoms with Crippen LogP contribution in [0.4, 0.5) is 0 Å². The second kappa shape index (κ2) is 4.99. The van der Waals surface area contributed by atoms with Crippen molar-refractivity contribution in [3.8, 4) is 22.5 Å². The maximum absolute atomic E-state index is 4.48. The Kier molecular flexibility index (Phi) is 2.69. The third-order valence-corrected chi connectivity index (χ3v) is 4.10. The van der Waals surface area contributed by atoms with Gasteiger partial charge in [-0.1, -0.05) is 6.07 Å². The van der Waals surface area contributed by atoms with Crippen molar-refractivity contribution in [2.45, 2.75) is 0 Å². The summed E-state index contributed by atoms with van der Waals surface area (Å²) in [5.41, 5.74) is 5.69. The van der Waals surface area contributed by atoms with Gasteiger partial charge in [-0.2, -0.15) is 5.10 Å². The zero-order valence-electron chi connectivity index (χ0n) is 12.6. The molecule has 0 saturated carbocycles. The van der Waals surface area contributed by atoms with E-state index in [1.807, 2.05) is 24.3 Å². The Morgan fingerprint density at radius 3 is 2.71 bits per heavy atom. The molecule has 6 heteroatoms. The lowest BCUT2D eigenvalue weighted by Gasteiger charge is -2.01. The van der Waals surface area contributed by atoms with Crippen LogP contribution >= 0.6 is 0 Å². The number of pyridine rings is 1. The average Bonchev–Trinajstić information content (AvgIpc) is 3.25. The Hall–Kier alpha value is -3.54. The van der Waals surface area contributed by atoms with Crippen molar-refractivity contribution in [2.75, 3.05) is 0 Å². The molecule has 5 aromatic rings. The van der Waals surface area contributed by atoms with Crippen molar-refractivity contribution in [3.05, 3.63) is 61.3 Å². The van der Waals surface area contributed by atoms with Crippen LogP contribution in [0.1, 0.15) is 0 Å². The highest BCUT2D eigenvalue weighted by molar-refractivity contribution is 5.97. The molecule has 0 spiro atoms. The number of nitrogens with zero attached hydrogens (tertiary/aromatic N) is 4. The molecule has 0 aliphatic rings. The van der Waals surface area contributed by atoms with Gasteiger partial charge in [-0.05, 0) is 35.9 Å². The van der Waals surface area contributed by atoms with Crippen LogP contribution in [0.3, 0.4) is 0 Å². The molecule has 6 nitrogen and oxygen atoms in total. The number of nitrogens with one attached hydrogen (secondary N) is 2. The molecular weight excluding hydrogens is 300 g/mol. The van der Waals surface area contributed by atoms with Crippen molar-refractivity contribution < 1.29 is 0 Å². The van der Waals surface area contributed by atoms with Crippen LogP contribution in [-0.2, 0) is 0 Å². The van der Waals surface area contributed by atoms with E-state index in [9.17, 15) is 0 Å². The SMILES string of the molecule is c1cnc2[nH]c(-c3n[nH]c4ccc(-c5cncnc5)cc34)cc2c1. The smallest absolute Gasteiger partial charge is 0.137 e. The molecule has 0 aliphatic carbocycles. The fourth-order valence-corrected chi connectivity index (χ4v) is 2.93. The topological polar surface area (TPSA) is 83.1 Å². The molecule has 0 saturated heterocycles. The van der Waals surface area contributed by atoms with Crippen molar-refractivity contribution in [2.24, 2.45) is 0 Å². The first-order valence-corrected chi connectivity index (χ1v) is 7.56. The lowest BCUT2D eigenvalue weighted by atomic mass is 10.1. The van der Waals surface area contributed by atoms with Gasteiger partial charge in [-0.3, -0.25) is 5.10 Å². The molecule has 0 amide bonds. The zero-order valence-corrected chi connectivity index (χ0v) is 12.6. The molecule has 0 radical (unpaired) electrons. The Morgan fingerprint density at radius 2 is 1.83 bits per heavy atom. The van der Waals surface area contributed by atoms with E-state index >= 15 is 0 Å². The minimum absolute atomic E-state index is 0.858. The van der Waals surface area contributed by atoms with Crippen LogP contribution in [0.5, 0.6) is 0 Å². The second-order valence-corrected chi connectivity index (χ2v) is 5.58. The summed E-state index contributed by atoms with van der Waals surface area (Å²) in [5.74, 6) is 0. The van der Waals surface area contributed by atoms with E-state index in [4.69, 9.17) is 0 Å². The zero-order chi connectivity index (χ0) is 15.9. The fraction of sp³-hybridized carbons (Fsp3) is 0. The van der Waals surface area contributed by atoms with E-state index in [0.29, 0.717) is 0 Å². The third-order valence-electron chi connectivity index (χ3n) is 4.10. The van der Waals surface area contributed by atoms with E-state index in [2.05, 4.69) is 42.3 Å². The molecule has 114 valence electrons. The minimum atomic E-state index is 0.858. The minimum Gasteiger partial charge on any atom is -0.338 e. The van der Waals surface area contributed by atoms with Crippen molar-refractivity contribution in [3.63, 3.8) is 0 Å². The van der Waals surface area contributed by atoms with Gasteiger partial charge in [-0.15, -0.1) is 0 Å². The van der Waals surface area contributed by atoms with Gasteiger partial charge in [0.25, 0.3) is 0 Å². The van der Waals surface area contributed by atoms with Gasteiger partial charge in [0.05, 0.1) is 11.2 Å². The van der Waals surface area contributed by atoms with Crippen LogP contribution in [0.2, 0.25) is 0 Å². The Labute approximate surface area is 136 Å². The van der Waals surface area contributed by atoms with Crippen molar-refractivity contribution in [1.82, 2.24) is 30.1 Å². The molecule has 0 bridgehead atoms. The van der Waals surface area contributed by atoms with Gasteiger partial charge in [0, 0.05) is 34.9 Å². The summed E-state index contributed by atoms with van der Waals surface area (Å²) in [6.07, 6.45) is 6.92. The predicted octanol–water partition coefficient (Wildman–Crippen LogP) is 3.56. The quantitative estimate of drug-likeness (QED) is 0.522. The van der Waals surface area contributed by atoms with Crippen molar-refractivity contribution >= 4 is 21.9 Å².